The van der Waals surface area contributed by atoms with Gasteiger partial charge < -0.3 is 0 Å². The molecule has 1 heterocycles. The van der Waals surface area contributed by atoms with E-state index < -0.39 is 0 Å². The quantitative estimate of drug-likeness (QED) is 0.645. The zero-order valence-corrected chi connectivity index (χ0v) is 13.5. The van der Waals surface area contributed by atoms with Crippen LogP contribution >= 0.6 is 15.9 Å². The van der Waals surface area contributed by atoms with Crippen molar-refractivity contribution in [3.05, 3.63) is 76.0 Å². The van der Waals surface area contributed by atoms with Crippen LogP contribution in [0, 0.1) is 0 Å². The van der Waals surface area contributed by atoms with E-state index >= 15 is 0 Å². The Balaban J connectivity index is 1.83. The van der Waals surface area contributed by atoms with E-state index in [2.05, 4.69) is 31.5 Å². The van der Waals surface area contributed by atoms with Crippen LogP contribution in [0.2, 0.25) is 0 Å². The van der Waals surface area contributed by atoms with Crippen LogP contribution in [0.1, 0.15) is 26.5 Å². The molecule has 0 bridgehead atoms. The highest BCUT2D eigenvalue weighted by Crippen LogP contribution is 2.12. The normalized spacial score (nSPS) is 10.5. The zero-order valence-electron chi connectivity index (χ0n) is 11.9. The molecule has 0 unspecified atom stereocenters. The maximum absolute atomic E-state index is 12.4. The average molecular weight is 371 g/mol. The Kier molecular flexibility index (Phi) is 4.38. The Morgan fingerprint density at radius 1 is 0.957 bits per heavy atom. The van der Waals surface area contributed by atoms with Crippen molar-refractivity contribution in [2.24, 2.45) is 0 Å². The summed E-state index contributed by atoms with van der Waals surface area (Å²) in [5.74, 6) is -0.451. The van der Waals surface area contributed by atoms with Gasteiger partial charge in [0.2, 0.25) is 11.6 Å². The summed E-state index contributed by atoms with van der Waals surface area (Å²) in [7, 11) is 0. The molecule has 0 spiro atoms. The van der Waals surface area contributed by atoms with Crippen molar-refractivity contribution >= 4 is 27.5 Å². The summed E-state index contributed by atoms with van der Waals surface area (Å²) in [4.78, 5) is 24.7. The van der Waals surface area contributed by atoms with E-state index in [1.54, 1.807) is 48.5 Å². The maximum Gasteiger partial charge on any atom is 0.231 e. The number of aromatic nitrogens is 4. The minimum atomic E-state index is -0.320. The molecular weight excluding hydrogens is 360 g/mol. The average Bonchev–Trinajstić information content (AvgIpc) is 3.03. The molecule has 6 nitrogen and oxygen atoms in total. The highest BCUT2D eigenvalue weighted by Gasteiger charge is 2.19. The number of hydrogen-bond donors (Lipinski definition) is 0. The first-order chi connectivity index (χ1) is 11.1. The van der Waals surface area contributed by atoms with Crippen molar-refractivity contribution < 1.29 is 9.59 Å². The number of ketones is 2. The van der Waals surface area contributed by atoms with Crippen LogP contribution in [0.3, 0.4) is 0 Å². The summed E-state index contributed by atoms with van der Waals surface area (Å²) >= 11 is 3.32. The lowest BCUT2D eigenvalue weighted by Gasteiger charge is -2.04. The molecule has 0 atom stereocenters. The molecule has 0 fully saturated rings. The lowest BCUT2D eigenvalue weighted by Crippen LogP contribution is -2.18. The predicted octanol–water partition coefficient (Wildman–Crippen LogP) is 2.55. The van der Waals surface area contributed by atoms with Crippen molar-refractivity contribution in [2.75, 3.05) is 0 Å². The summed E-state index contributed by atoms with van der Waals surface area (Å²) in [6, 6.07) is 15.7. The Bertz CT molecular complexity index is 844. The van der Waals surface area contributed by atoms with Crippen LogP contribution in [0.15, 0.2) is 59.1 Å². The van der Waals surface area contributed by atoms with Crippen LogP contribution < -0.4 is 0 Å². The number of rotatable bonds is 5. The van der Waals surface area contributed by atoms with Gasteiger partial charge in [0.25, 0.3) is 0 Å². The van der Waals surface area contributed by atoms with Gasteiger partial charge >= 0.3 is 0 Å². The molecule has 0 radical (unpaired) electrons. The maximum atomic E-state index is 12.4. The van der Waals surface area contributed by atoms with E-state index in [1.807, 2.05) is 6.07 Å². The van der Waals surface area contributed by atoms with Crippen molar-refractivity contribution in [3.63, 3.8) is 0 Å². The second-order valence-electron chi connectivity index (χ2n) is 4.79. The number of nitrogens with zero attached hydrogens (tertiary/aromatic N) is 4. The van der Waals surface area contributed by atoms with Crippen molar-refractivity contribution in [1.82, 2.24) is 20.2 Å². The summed E-state index contributed by atoms with van der Waals surface area (Å²) in [6.45, 7) is -0.0947. The Morgan fingerprint density at radius 3 is 2.35 bits per heavy atom. The van der Waals surface area contributed by atoms with Crippen molar-refractivity contribution in [1.29, 1.82) is 0 Å². The summed E-state index contributed by atoms with van der Waals surface area (Å²) in [6.07, 6.45) is 0. The van der Waals surface area contributed by atoms with E-state index in [0.29, 0.717) is 11.1 Å². The zero-order chi connectivity index (χ0) is 16.2. The van der Waals surface area contributed by atoms with Crippen LogP contribution in [0.25, 0.3) is 0 Å². The first kappa shape index (κ1) is 15.2. The molecule has 7 heteroatoms. The Hall–Kier alpha value is -2.67. The number of benzene rings is 2. The van der Waals surface area contributed by atoms with E-state index in [1.165, 1.54) is 4.68 Å². The van der Waals surface area contributed by atoms with Crippen molar-refractivity contribution in [3.8, 4) is 0 Å². The largest absolute Gasteiger partial charge is 0.292 e. The lowest BCUT2D eigenvalue weighted by molar-refractivity contribution is 0.0961. The molecule has 1 aromatic heterocycles. The number of Topliss-reactive ketones (excluding diaryl/α,β-unsaturated/α-hetero) is 1. The van der Waals surface area contributed by atoms with Crippen LogP contribution in [0.5, 0.6) is 0 Å². The predicted molar refractivity (Wildman–Crippen MR) is 86.2 cm³/mol. The minimum Gasteiger partial charge on any atom is -0.292 e. The fourth-order valence-electron chi connectivity index (χ4n) is 2.06. The molecule has 2 aromatic carbocycles. The summed E-state index contributed by atoms with van der Waals surface area (Å²) < 4.78 is 2.11. The smallest absolute Gasteiger partial charge is 0.231 e. The van der Waals surface area contributed by atoms with Gasteiger partial charge in [-0.05, 0) is 22.6 Å². The van der Waals surface area contributed by atoms with E-state index in [-0.39, 0.29) is 23.9 Å². The second kappa shape index (κ2) is 6.62. The Labute approximate surface area is 140 Å². The molecule has 3 aromatic rings. The van der Waals surface area contributed by atoms with Gasteiger partial charge in [-0.1, -0.05) is 58.4 Å². The van der Waals surface area contributed by atoms with Gasteiger partial charge in [-0.3, -0.25) is 9.59 Å². The lowest BCUT2D eigenvalue weighted by atomic mass is 10.1. The molecule has 0 saturated carbocycles. The Morgan fingerprint density at radius 2 is 1.65 bits per heavy atom. The first-order valence-corrected chi connectivity index (χ1v) is 7.59. The topological polar surface area (TPSA) is 77.7 Å². The molecule has 114 valence electrons. The van der Waals surface area contributed by atoms with E-state index in [4.69, 9.17) is 0 Å². The van der Waals surface area contributed by atoms with Gasteiger partial charge in [0.05, 0.1) is 0 Å². The third-order valence-electron chi connectivity index (χ3n) is 3.23. The molecule has 0 aliphatic rings. The van der Waals surface area contributed by atoms with Gasteiger partial charge in [0.15, 0.2) is 5.78 Å². The fourth-order valence-corrected chi connectivity index (χ4v) is 2.32. The third kappa shape index (κ3) is 3.40. The van der Waals surface area contributed by atoms with Crippen LogP contribution in [-0.2, 0) is 6.54 Å². The number of carbonyl (C=O) groups is 2. The first-order valence-electron chi connectivity index (χ1n) is 6.80. The van der Waals surface area contributed by atoms with E-state index in [9.17, 15) is 9.59 Å². The second-order valence-corrected chi connectivity index (χ2v) is 5.70. The summed E-state index contributed by atoms with van der Waals surface area (Å²) in [5, 5.41) is 11.0. The molecule has 23 heavy (non-hydrogen) atoms. The monoisotopic (exact) mass is 370 g/mol. The van der Waals surface area contributed by atoms with Gasteiger partial charge in [-0.25, -0.2) is 4.68 Å². The van der Waals surface area contributed by atoms with Crippen LogP contribution in [-0.4, -0.2) is 31.8 Å². The van der Waals surface area contributed by atoms with Crippen molar-refractivity contribution in [2.45, 2.75) is 6.54 Å². The standard InChI is InChI=1S/C16H11BrN4O2/c17-13-8-6-11(7-9-13)14(22)10-21-16(18-19-20-21)15(23)12-4-2-1-3-5-12/h1-9H,10H2. The minimum absolute atomic E-state index is 0.0432. The summed E-state index contributed by atoms with van der Waals surface area (Å²) in [5.41, 5.74) is 1.00. The van der Waals surface area contributed by atoms with Gasteiger partial charge in [-0.15, -0.1) is 5.10 Å². The molecule has 3 rings (SSSR count). The fraction of sp³-hybridized carbons (Fsp3) is 0.0625. The highest BCUT2D eigenvalue weighted by atomic mass is 79.9. The molecule has 0 aliphatic carbocycles. The molecule has 0 saturated heterocycles. The molecular formula is C16H11BrN4O2. The number of carbonyl (C=O) groups excluding carboxylic acids is 2. The number of halogens is 1. The highest BCUT2D eigenvalue weighted by molar-refractivity contribution is 9.10. The van der Waals surface area contributed by atoms with Gasteiger partial charge in [0, 0.05) is 15.6 Å². The SMILES string of the molecule is O=C(Cn1nnnc1C(=O)c1ccccc1)c1ccc(Br)cc1. The number of tetrazole rings is 1. The van der Waals surface area contributed by atoms with E-state index in [0.717, 1.165) is 4.47 Å². The molecule has 0 N–H and O–H groups in total. The molecule has 0 amide bonds. The van der Waals surface area contributed by atoms with Gasteiger partial charge in [-0.2, -0.15) is 0 Å². The van der Waals surface area contributed by atoms with Gasteiger partial charge in [0.1, 0.15) is 6.54 Å². The third-order valence-corrected chi connectivity index (χ3v) is 3.76. The number of hydrogen-bond acceptors (Lipinski definition) is 5. The molecule has 0 aliphatic heterocycles. The van der Waals surface area contributed by atoms with Crippen LogP contribution in [0.4, 0.5) is 0 Å².